The molecular formula is C22H26N2O3. The van der Waals surface area contributed by atoms with Crippen molar-refractivity contribution in [3.8, 4) is 5.75 Å². The quantitative estimate of drug-likeness (QED) is 0.878. The van der Waals surface area contributed by atoms with Gasteiger partial charge in [-0.15, -0.1) is 0 Å². The summed E-state index contributed by atoms with van der Waals surface area (Å²) in [5.41, 5.74) is 3.46. The number of hydrogen-bond donors (Lipinski definition) is 1. The predicted molar refractivity (Wildman–Crippen MR) is 108 cm³/mol. The molecule has 1 aliphatic rings. The molecule has 0 aromatic heterocycles. The molecule has 0 atom stereocenters. The summed E-state index contributed by atoms with van der Waals surface area (Å²) >= 11 is 0. The monoisotopic (exact) mass is 366 g/mol. The van der Waals surface area contributed by atoms with Crippen LogP contribution in [0.3, 0.4) is 0 Å². The first-order valence-corrected chi connectivity index (χ1v) is 9.12. The summed E-state index contributed by atoms with van der Waals surface area (Å²) in [7, 11) is 1.79. The molecule has 2 aromatic rings. The molecule has 0 saturated heterocycles. The van der Waals surface area contributed by atoms with E-state index >= 15 is 0 Å². The molecule has 0 fully saturated rings. The van der Waals surface area contributed by atoms with E-state index in [2.05, 4.69) is 5.32 Å². The van der Waals surface area contributed by atoms with Crippen LogP contribution >= 0.6 is 0 Å². The topological polar surface area (TPSA) is 58.6 Å². The van der Waals surface area contributed by atoms with Gasteiger partial charge in [-0.3, -0.25) is 9.59 Å². The molecule has 27 heavy (non-hydrogen) atoms. The van der Waals surface area contributed by atoms with E-state index in [4.69, 9.17) is 4.74 Å². The molecular weight excluding hydrogens is 340 g/mol. The molecule has 0 unspecified atom stereocenters. The molecule has 0 bridgehead atoms. The van der Waals surface area contributed by atoms with Gasteiger partial charge in [0.2, 0.25) is 5.91 Å². The van der Waals surface area contributed by atoms with Crippen molar-refractivity contribution >= 4 is 23.2 Å². The van der Waals surface area contributed by atoms with Gasteiger partial charge in [-0.25, -0.2) is 0 Å². The summed E-state index contributed by atoms with van der Waals surface area (Å²) < 4.78 is 5.61. The second-order valence-corrected chi connectivity index (χ2v) is 7.82. The Labute approximate surface area is 160 Å². The van der Waals surface area contributed by atoms with Gasteiger partial charge in [-0.05, 0) is 82.1 Å². The van der Waals surface area contributed by atoms with Gasteiger partial charge in [0, 0.05) is 18.3 Å². The number of anilines is 2. The lowest BCUT2D eigenvalue weighted by Crippen LogP contribution is -2.33. The lowest BCUT2D eigenvalue weighted by Gasteiger charge is -2.17. The normalized spacial score (nSPS) is 15.1. The fourth-order valence-electron chi connectivity index (χ4n) is 3.57. The molecule has 2 aromatic carbocycles. The predicted octanol–water partition coefficient (Wildman–Crippen LogP) is 4.29. The minimum Gasteiger partial charge on any atom is -0.491 e. The van der Waals surface area contributed by atoms with Crippen molar-refractivity contribution in [3.63, 3.8) is 0 Å². The fraction of sp³-hybridized carbons (Fsp3) is 0.364. The molecule has 5 nitrogen and oxygen atoms in total. The van der Waals surface area contributed by atoms with E-state index in [0.717, 1.165) is 22.6 Å². The second-order valence-electron chi connectivity index (χ2n) is 7.82. The van der Waals surface area contributed by atoms with Crippen LogP contribution < -0.4 is 15.0 Å². The summed E-state index contributed by atoms with van der Waals surface area (Å²) in [6.45, 7) is 9.70. The van der Waals surface area contributed by atoms with E-state index < -0.39 is 5.41 Å². The standard InChI is InChI=1S/C22H26N2O3/c1-13(2)27-17-9-7-15(8-10-17)20(25)23-16-11-14(3)19-18(12-16)22(4,5)21(26)24(19)6/h7-13H,1-6H3,(H,23,25). The van der Waals surface area contributed by atoms with Crippen LogP contribution in [0.5, 0.6) is 5.75 Å². The van der Waals surface area contributed by atoms with Gasteiger partial charge < -0.3 is 15.0 Å². The van der Waals surface area contributed by atoms with Crippen molar-refractivity contribution in [1.29, 1.82) is 0 Å². The number of carbonyl (C=O) groups is 2. The van der Waals surface area contributed by atoms with E-state index in [0.29, 0.717) is 11.3 Å². The van der Waals surface area contributed by atoms with Gasteiger partial charge in [-0.2, -0.15) is 0 Å². The molecule has 0 spiro atoms. The summed E-state index contributed by atoms with van der Waals surface area (Å²) in [6, 6.07) is 10.9. The number of amides is 2. The van der Waals surface area contributed by atoms with Crippen molar-refractivity contribution in [3.05, 3.63) is 53.1 Å². The lowest BCUT2D eigenvalue weighted by molar-refractivity contribution is -0.121. The van der Waals surface area contributed by atoms with Gasteiger partial charge in [0.25, 0.3) is 5.91 Å². The maximum Gasteiger partial charge on any atom is 0.255 e. The zero-order valence-electron chi connectivity index (χ0n) is 16.7. The number of likely N-dealkylation sites (N-methyl/N-ethyl adjacent to an activating group) is 1. The van der Waals surface area contributed by atoms with E-state index in [1.165, 1.54) is 0 Å². The van der Waals surface area contributed by atoms with Crippen molar-refractivity contribution in [2.45, 2.75) is 46.1 Å². The molecule has 1 heterocycles. The van der Waals surface area contributed by atoms with Gasteiger partial charge in [0.05, 0.1) is 17.2 Å². The summed E-state index contributed by atoms with van der Waals surface area (Å²) in [5.74, 6) is 0.601. The Balaban J connectivity index is 1.85. The number of hydrogen-bond acceptors (Lipinski definition) is 3. The lowest BCUT2D eigenvalue weighted by atomic mass is 9.85. The van der Waals surface area contributed by atoms with Crippen molar-refractivity contribution in [1.82, 2.24) is 0 Å². The zero-order chi connectivity index (χ0) is 19.9. The van der Waals surface area contributed by atoms with Crippen LogP contribution in [-0.2, 0) is 10.2 Å². The Hall–Kier alpha value is -2.82. The van der Waals surface area contributed by atoms with Crippen LogP contribution in [0.2, 0.25) is 0 Å². The van der Waals surface area contributed by atoms with E-state index in [1.807, 2.05) is 46.8 Å². The molecule has 1 aliphatic heterocycles. The fourth-order valence-corrected chi connectivity index (χ4v) is 3.57. The van der Waals surface area contributed by atoms with Crippen LogP contribution in [0.1, 0.15) is 49.2 Å². The highest BCUT2D eigenvalue weighted by molar-refractivity contribution is 6.09. The maximum atomic E-state index is 12.6. The highest BCUT2D eigenvalue weighted by atomic mass is 16.5. The molecule has 1 N–H and O–H groups in total. The first-order valence-electron chi connectivity index (χ1n) is 9.12. The molecule has 5 heteroatoms. The number of fused-ring (bicyclic) bond motifs is 1. The number of nitrogens with one attached hydrogen (secondary N) is 1. The zero-order valence-corrected chi connectivity index (χ0v) is 16.7. The van der Waals surface area contributed by atoms with Crippen LogP contribution in [-0.4, -0.2) is 25.0 Å². The molecule has 0 radical (unpaired) electrons. The first-order chi connectivity index (χ1) is 12.6. The third kappa shape index (κ3) is 3.42. The van der Waals surface area contributed by atoms with Gasteiger partial charge in [0.1, 0.15) is 5.75 Å². The van der Waals surface area contributed by atoms with Crippen LogP contribution in [0.4, 0.5) is 11.4 Å². The SMILES string of the molecule is Cc1cc(NC(=O)c2ccc(OC(C)C)cc2)cc2c1N(C)C(=O)C2(C)C. The van der Waals surface area contributed by atoms with Crippen LogP contribution in [0.15, 0.2) is 36.4 Å². The van der Waals surface area contributed by atoms with Gasteiger partial charge >= 0.3 is 0 Å². The van der Waals surface area contributed by atoms with E-state index in [1.54, 1.807) is 36.2 Å². The highest BCUT2D eigenvalue weighted by Crippen LogP contribution is 2.44. The Bertz CT molecular complexity index is 899. The average Bonchev–Trinajstić information content (AvgIpc) is 2.76. The number of ether oxygens (including phenoxy) is 1. The third-order valence-corrected chi connectivity index (χ3v) is 4.89. The van der Waals surface area contributed by atoms with Crippen molar-refractivity contribution < 1.29 is 14.3 Å². The average molecular weight is 366 g/mol. The summed E-state index contributed by atoms with van der Waals surface area (Å²) in [5, 5.41) is 2.95. The third-order valence-electron chi connectivity index (χ3n) is 4.89. The summed E-state index contributed by atoms with van der Waals surface area (Å²) in [6.07, 6.45) is 0.0864. The number of rotatable bonds is 4. The Morgan fingerprint density at radius 2 is 1.78 bits per heavy atom. The number of benzene rings is 2. The number of carbonyl (C=O) groups excluding carboxylic acids is 2. The molecule has 142 valence electrons. The minimum absolute atomic E-state index is 0.0600. The smallest absolute Gasteiger partial charge is 0.255 e. The highest BCUT2D eigenvalue weighted by Gasteiger charge is 2.43. The van der Waals surface area contributed by atoms with Crippen LogP contribution in [0, 0.1) is 6.92 Å². The molecule has 0 saturated carbocycles. The number of aryl methyl sites for hydroxylation is 1. The minimum atomic E-state index is -0.606. The van der Waals surface area contributed by atoms with E-state index in [9.17, 15) is 9.59 Å². The van der Waals surface area contributed by atoms with Crippen LogP contribution in [0.25, 0.3) is 0 Å². The second kappa shape index (κ2) is 6.72. The molecule has 2 amide bonds. The van der Waals surface area contributed by atoms with Crippen molar-refractivity contribution in [2.75, 3.05) is 17.3 Å². The Kier molecular flexibility index (Phi) is 4.72. The largest absolute Gasteiger partial charge is 0.491 e. The maximum absolute atomic E-state index is 12.6. The number of nitrogens with zero attached hydrogens (tertiary/aromatic N) is 1. The molecule has 3 rings (SSSR count). The van der Waals surface area contributed by atoms with E-state index in [-0.39, 0.29) is 17.9 Å². The van der Waals surface area contributed by atoms with Crippen molar-refractivity contribution in [2.24, 2.45) is 0 Å². The first kappa shape index (κ1) is 19.0. The van der Waals surface area contributed by atoms with Gasteiger partial charge in [0.15, 0.2) is 0 Å². The van der Waals surface area contributed by atoms with Gasteiger partial charge in [-0.1, -0.05) is 0 Å². The Morgan fingerprint density at radius 3 is 2.37 bits per heavy atom. The Morgan fingerprint density at radius 1 is 1.15 bits per heavy atom. The molecule has 0 aliphatic carbocycles. The summed E-state index contributed by atoms with van der Waals surface area (Å²) in [4.78, 5) is 26.8.